The van der Waals surface area contributed by atoms with Crippen molar-refractivity contribution < 1.29 is 5.11 Å². The number of rotatable bonds is 4. The van der Waals surface area contributed by atoms with Gasteiger partial charge in [0.25, 0.3) is 0 Å². The number of hydrogen-bond donors (Lipinski definition) is 2. The Kier molecular flexibility index (Phi) is 5.21. The summed E-state index contributed by atoms with van der Waals surface area (Å²) in [6.45, 7) is 4.76. The molecule has 0 aromatic carbocycles. The number of hydrogen-bond acceptors (Lipinski definition) is 3. The van der Waals surface area contributed by atoms with Crippen molar-refractivity contribution in [1.29, 1.82) is 0 Å². The Balaban J connectivity index is 3.04. The Hall–Kier alpha value is -0.570. The van der Waals surface area contributed by atoms with Crippen molar-refractivity contribution in [3.05, 3.63) is 0 Å². The smallest absolute Gasteiger partial charge is 0.0620 e. The van der Waals surface area contributed by atoms with E-state index in [2.05, 4.69) is 10.5 Å². The van der Waals surface area contributed by atoms with E-state index in [0.29, 0.717) is 12.5 Å². The van der Waals surface area contributed by atoms with Crippen LogP contribution in [0.15, 0.2) is 5.10 Å². The fourth-order valence-corrected chi connectivity index (χ4v) is 0.316. The summed E-state index contributed by atoms with van der Waals surface area (Å²) in [6.07, 6.45) is 1.80. The van der Waals surface area contributed by atoms with Crippen molar-refractivity contribution in [2.75, 3.05) is 13.2 Å². The average molecular weight is 130 g/mol. The highest BCUT2D eigenvalue weighted by atomic mass is 16.3. The zero-order chi connectivity index (χ0) is 7.11. The molecular weight excluding hydrogens is 116 g/mol. The molecule has 0 atom stereocenters. The summed E-state index contributed by atoms with van der Waals surface area (Å²) < 4.78 is 0. The van der Waals surface area contributed by atoms with E-state index in [0.717, 1.165) is 0 Å². The first-order valence-corrected chi connectivity index (χ1v) is 3.14. The minimum absolute atomic E-state index is 0.134. The molecule has 0 saturated carbocycles. The molecule has 0 fully saturated rings. The summed E-state index contributed by atoms with van der Waals surface area (Å²) in [7, 11) is 0. The highest BCUT2D eigenvalue weighted by molar-refractivity contribution is 5.58. The van der Waals surface area contributed by atoms with Gasteiger partial charge in [0.2, 0.25) is 0 Å². The minimum Gasteiger partial charge on any atom is -0.394 e. The van der Waals surface area contributed by atoms with Gasteiger partial charge < -0.3 is 10.5 Å². The molecule has 0 heterocycles. The van der Waals surface area contributed by atoms with Gasteiger partial charge in [-0.1, -0.05) is 13.8 Å². The SMILES string of the molecule is CC(C)/C=N/NCCO. The van der Waals surface area contributed by atoms with Gasteiger partial charge in [0.1, 0.15) is 0 Å². The third-order valence-corrected chi connectivity index (χ3v) is 0.688. The molecule has 3 nitrogen and oxygen atoms in total. The van der Waals surface area contributed by atoms with Crippen LogP contribution in [0.25, 0.3) is 0 Å². The number of aliphatic hydroxyl groups excluding tert-OH is 1. The maximum atomic E-state index is 8.30. The van der Waals surface area contributed by atoms with Crippen LogP contribution in [0.4, 0.5) is 0 Å². The van der Waals surface area contributed by atoms with Crippen LogP contribution >= 0.6 is 0 Å². The third-order valence-electron chi connectivity index (χ3n) is 0.688. The molecule has 2 N–H and O–H groups in total. The van der Waals surface area contributed by atoms with Crippen LogP contribution in [0.5, 0.6) is 0 Å². The maximum absolute atomic E-state index is 8.30. The topological polar surface area (TPSA) is 44.6 Å². The molecule has 0 aromatic rings. The van der Waals surface area contributed by atoms with E-state index in [1.54, 1.807) is 6.21 Å². The second-order valence-electron chi connectivity index (χ2n) is 2.15. The summed E-state index contributed by atoms with van der Waals surface area (Å²) in [5.41, 5.74) is 2.69. The Morgan fingerprint density at radius 1 is 1.67 bits per heavy atom. The molecule has 3 heteroatoms. The third kappa shape index (κ3) is 7.43. The molecule has 0 aliphatic heterocycles. The number of hydrazone groups is 1. The number of nitrogens with zero attached hydrogens (tertiary/aromatic N) is 1. The van der Waals surface area contributed by atoms with Gasteiger partial charge in [-0.3, -0.25) is 0 Å². The maximum Gasteiger partial charge on any atom is 0.0620 e. The lowest BCUT2D eigenvalue weighted by molar-refractivity contribution is 0.293. The average Bonchev–Trinajstić information content (AvgIpc) is 1.80. The largest absolute Gasteiger partial charge is 0.394 e. The molecule has 0 aliphatic rings. The number of aliphatic hydroxyl groups is 1. The van der Waals surface area contributed by atoms with Crippen LogP contribution in [-0.4, -0.2) is 24.5 Å². The van der Waals surface area contributed by atoms with E-state index in [4.69, 9.17) is 5.11 Å². The van der Waals surface area contributed by atoms with E-state index in [-0.39, 0.29) is 6.61 Å². The van der Waals surface area contributed by atoms with E-state index < -0.39 is 0 Å². The Labute approximate surface area is 55.8 Å². The van der Waals surface area contributed by atoms with Gasteiger partial charge in [-0.05, 0) is 5.92 Å². The lowest BCUT2D eigenvalue weighted by Crippen LogP contribution is -2.11. The molecule has 0 unspecified atom stereocenters. The fourth-order valence-electron chi connectivity index (χ4n) is 0.316. The van der Waals surface area contributed by atoms with Gasteiger partial charge in [0.05, 0.1) is 13.2 Å². The Morgan fingerprint density at radius 2 is 2.33 bits per heavy atom. The summed E-state index contributed by atoms with van der Waals surface area (Å²) in [4.78, 5) is 0. The summed E-state index contributed by atoms with van der Waals surface area (Å²) >= 11 is 0. The molecule has 0 amide bonds. The van der Waals surface area contributed by atoms with Gasteiger partial charge in [-0.15, -0.1) is 0 Å². The van der Waals surface area contributed by atoms with E-state index in [9.17, 15) is 0 Å². The predicted molar refractivity (Wildman–Crippen MR) is 38.4 cm³/mol. The zero-order valence-electron chi connectivity index (χ0n) is 5.96. The lowest BCUT2D eigenvalue weighted by Gasteiger charge is -1.95. The monoisotopic (exact) mass is 130 g/mol. The van der Waals surface area contributed by atoms with E-state index in [1.807, 2.05) is 13.8 Å². The minimum atomic E-state index is 0.134. The fraction of sp³-hybridized carbons (Fsp3) is 0.833. The molecule has 0 radical (unpaired) electrons. The standard InChI is InChI=1S/C6H14N2O/c1-6(2)5-8-7-3-4-9/h5-7,9H,3-4H2,1-2H3/b8-5+. The molecule has 0 saturated heterocycles. The van der Waals surface area contributed by atoms with Crippen molar-refractivity contribution in [3.63, 3.8) is 0 Å². The second kappa shape index (κ2) is 5.56. The second-order valence-corrected chi connectivity index (χ2v) is 2.15. The van der Waals surface area contributed by atoms with E-state index in [1.165, 1.54) is 0 Å². The molecule has 0 rings (SSSR count). The Bertz CT molecular complexity index is 81.1. The molecular formula is C6H14N2O. The summed E-state index contributed by atoms with van der Waals surface area (Å²) in [6, 6.07) is 0. The van der Waals surface area contributed by atoms with Gasteiger partial charge in [0.15, 0.2) is 0 Å². The highest BCUT2D eigenvalue weighted by Gasteiger charge is 1.82. The van der Waals surface area contributed by atoms with Crippen molar-refractivity contribution >= 4 is 6.21 Å². The van der Waals surface area contributed by atoms with Crippen LogP contribution in [0.1, 0.15) is 13.8 Å². The lowest BCUT2D eigenvalue weighted by atomic mass is 10.3. The van der Waals surface area contributed by atoms with E-state index >= 15 is 0 Å². The normalized spacial score (nSPS) is 11.1. The quantitative estimate of drug-likeness (QED) is 0.324. The van der Waals surface area contributed by atoms with Gasteiger partial charge in [0, 0.05) is 6.21 Å². The van der Waals surface area contributed by atoms with Gasteiger partial charge in [-0.25, -0.2) is 0 Å². The van der Waals surface area contributed by atoms with Crippen molar-refractivity contribution in [2.24, 2.45) is 11.0 Å². The summed E-state index contributed by atoms with van der Waals surface area (Å²) in [5.74, 6) is 0.469. The summed E-state index contributed by atoms with van der Waals surface area (Å²) in [5, 5.41) is 12.1. The first kappa shape index (κ1) is 8.43. The molecule has 0 bridgehead atoms. The van der Waals surface area contributed by atoms with Crippen molar-refractivity contribution in [1.82, 2.24) is 5.43 Å². The predicted octanol–water partition coefficient (Wildman–Crippen LogP) is 0.210. The van der Waals surface area contributed by atoms with Crippen molar-refractivity contribution in [2.45, 2.75) is 13.8 Å². The molecule has 0 aromatic heterocycles. The first-order chi connectivity index (χ1) is 4.27. The van der Waals surface area contributed by atoms with Crippen LogP contribution < -0.4 is 5.43 Å². The molecule has 54 valence electrons. The zero-order valence-corrected chi connectivity index (χ0v) is 5.96. The van der Waals surface area contributed by atoms with Crippen LogP contribution in [0.2, 0.25) is 0 Å². The number of nitrogens with one attached hydrogen (secondary N) is 1. The highest BCUT2D eigenvalue weighted by Crippen LogP contribution is 1.82. The van der Waals surface area contributed by atoms with Crippen LogP contribution in [0, 0.1) is 5.92 Å². The van der Waals surface area contributed by atoms with Crippen LogP contribution in [-0.2, 0) is 0 Å². The first-order valence-electron chi connectivity index (χ1n) is 3.14. The van der Waals surface area contributed by atoms with Gasteiger partial charge in [-0.2, -0.15) is 5.10 Å². The molecule has 0 spiro atoms. The molecule has 9 heavy (non-hydrogen) atoms. The van der Waals surface area contributed by atoms with Crippen LogP contribution in [0.3, 0.4) is 0 Å². The van der Waals surface area contributed by atoms with Gasteiger partial charge >= 0.3 is 0 Å². The molecule has 0 aliphatic carbocycles. The Morgan fingerprint density at radius 3 is 2.78 bits per heavy atom. The van der Waals surface area contributed by atoms with Crippen molar-refractivity contribution in [3.8, 4) is 0 Å².